The van der Waals surface area contributed by atoms with Gasteiger partial charge in [0.15, 0.2) is 5.13 Å². The SMILES string of the molecule is CCCN(CCC)S(=O)(=O)c1ccc(C(=O)Nc2nc(-c3ccc(F)cc3)cs2)cc1. The molecule has 31 heavy (non-hydrogen) atoms. The number of rotatable bonds is 9. The molecule has 1 N–H and O–H groups in total. The maximum atomic E-state index is 13.1. The minimum atomic E-state index is -3.59. The van der Waals surface area contributed by atoms with Crippen molar-refractivity contribution in [3.63, 3.8) is 0 Å². The molecule has 0 saturated carbocycles. The molecule has 0 bridgehead atoms. The van der Waals surface area contributed by atoms with Gasteiger partial charge >= 0.3 is 0 Å². The zero-order valence-corrected chi connectivity index (χ0v) is 19.0. The number of nitrogens with one attached hydrogen (secondary N) is 1. The van der Waals surface area contributed by atoms with Crippen molar-refractivity contribution >= 4 is 32.4 Å². The van der Waals surface area contributed by atoms with Gasteiger partial charge in [-0.1, -0.05) is 13.8 Å². The van der Waals surface area contributed by atoms with Crippen molar-refractivity contribution in [2.24, 2.45) is 0 Å². The van der Waals surface area contributed by atoms with E-state index in [0.717, 1.165) is 18.4 Å². The summed E-state index contributed by atoms with van der Waals surface area (Å²) in [7, 11) is -3.59. The molecule has 6 nitrogen and oxygen atoms in total. The number of hydrogen-bond acceptors (Lipinski definition) is 5. The van der Waals surface area contributed by atoms with E-state index in [0.29, 0.717) is 29.5 Å². The summed E-state index contributed by atoms with van der Waals surface area (Å²) in [5.74, 6) is -0.714. The number of carbonyl (C=O) groups is 1. The molecule has 0 unspecified atom stereocenters. The van der Waals surface area contributed by atoms with Crippen molar-refractivity contribution in [2.45, 2.75) is 31.6 Å². The Kier molecular flexibility index (Phi) is 7.53. The van der Waals surface area contributed by atoms with Crippen LogP contribution in [0.1, 0.15) is 37.0 Å². The van der Waals surface area contributed by atoms with E-state index in [-0.39, 0.29) is 16.6 Å². The summed E-state index contributed by atoms with van der Waals surface area (Å²) in [4.78, 5) is 17.1. The van der Waals surface area contributed by atoms with E-state index >= 15 is 0 Å². The molecule has 1 aromatic heterocycles. The Morgan fingerprint density at radius 2 is 1.65 bits per heavy atom. The van der Waals surface area contributed by atoms with Crippen LogP contribution in [0.5, 0.6) is 0 Å². The predicted molar refractivity (Wildman–Crippen MR) is 121 cm³/mol. The van der Waals surface area contributed by atoms with Crippen LogP contribution in [0.25, 0.3) is 11.3 Å². The first-order valence-electron chi connectivity index (χ1n) is 9.98. The van der Waals surface area contributed by atoms with Crippen molar-refractivity contribution in [3.8, 4) is 11.3 Å². The molecule has 9 heteroatoms. The molecule has 0 saturated heterocycles. The Bertz CT molecular complexity index is 1120. The smallest absolute Gasteiger partial charge is 0.257 e. The number of amides is 1. The molecule has 3 rings (SSSR count). The molecule has 3 aromatic rings. The second-order valence-corrected chi connectivity index (χ2v) is 9.72. The van der Waals surface area contributed by atoms with Gasteiger partial charge in [-0.3, -0.25) is 10.1 Å². The molecule has 0 aliphatic heterocycles. The van der Waals surface area contributed by atoms with Gasteiger partial charge in [0.25, 0.3) is 5.91 Å². The van der Waals surface area contributed by atoms with Crippen LogP contribution in [-0.2, 0) is 10.0 Å². The van der Waals surface area contributed by atoms with Crippen LogP contribution < -0.4 is 5.32 Å². The summed E-state index contributed by atoms with van der Waals surface area (Å²) in [6.45, 7) is 4.79. The van der Waals surface area contributed by atoms with Crippen LogP contribution in [0.15, 0.2) is 58.8 Å². The molecule has 1 amide bonds. The van der Waals surface area contributed by atoms with Gasteiger partial charge in [0.1, 0.15) is 5.82 Å². The van der Waals surface area contributed by atoms with Crippen LogP contribution in [0.4, 0.5) is 9.52 Å². The zero-order chi connectivity index (χ0) is 22.4. The van der Waals surface area contributed by atoms with Crippen LogP contribution >= 0.6 is 11.3 Å². The lowest BCUT2D eigenvalue weighted by atomic mass is 10.2. The molecule has 164 valence electrons. The topological polar surface area (TPSA) is 79.4 Å². The van der Waals surface area contributed by atoms with Crippen molar-refractivity contribution < 1.29 is 17.6 Å². The summed E-state index contributed by atoms with van der Waals surface area (Å²) in [5, 5.41) is 4.89. The molecule has 1 heterocycles. The maximum absolute atomic E-state index is 13.1. The summed E-state index contributed by atoms with van der Waals surface area (Å²) in [5.41, 5.74) is 1.71. The number of benzene rings is 2. The van der Waals surface area contributed by atoms with Crippen molar-refractivity contribution in [2.75, 3.05) is 18.4 Å². The molecule has 0 spiro atoms. The number of anilines is 1. The van der Waals surface area contributed by atoms with E-state index in [4.69, 9.17) is 0 Å². The summed E-state index contributed by atoms with van der Waals surface area (Å²) >= 11 is 1.25. The third-order valence-electron chi connectivity index (χ3n) is 4.56. The fourth-order valence-corrected chi connectivity index (χ4v) is 5.37. The molecular weight excluding hydrogens is 437 g/mol. The highest BCUT2D eigenvalue weighted by atomic mass is 32.2. The lowest BCUT2D eigenvalue weighted by Crippen LogP contribution is -2.32. The van der Waals surface area contributed by atoms with Gasteiger partial charge < -0.3 is 0 Å². The van der Waals surface area contributed by atoms with Gasteiger partial charge in [-0.2, -0.15) is 4.31 Å². The first-order valence-corrected chi connectivity index (χ1v) is 12.3. The number of nitrogens with zero attached hydrogens (tertiary/aromatic N) is 2. The second kappa shape index (κ2) is 10.1. The van der Waals surface area contributed by atoms with E-state index in [1.54, 1.807) is 17.5 Å². The van der Waals surface area contributed by atoms with E-state index in [1.807, 2.05) is 13.8 Å². The van der Waals surface area contributed by atoms with Crippen molar-refractivity contribution in [1.29, 1.82) is 0 Å². The van der Waals surface area contributed by atoms with E-state index in [9.17, 15) is 17.6 Å². The average Bonchev–Trinajstić information content (AvgIpc) is 3.22. The lowest BCUT2D eigenvalue weighted by molar-refractivity contribution is 0.102. The van der Waals surface area contributed by atoms with Crippen molar-refractivity contribution in [1.82, 2.24) is 9.29 Å². The van der Waals surface area contributed by atoms with Gasteiger partial charge in [0.2, 0.25) is 10.0 Å². The molecule has 2 aromatic carbocycles. The van der Waals surface area contributed by atoms with Crippen LogP contribution in [-0.4, -0.2) is 36.7 Å². The van der Waals surface area contributed by atoms with Gasteiger partial charge in [0.05, 0.1) is 10.6 Å². The van der Waals surface area contributed by atoms with Crippen molar-refractivity contribution in [3.05, 3.63) is 65.3 Å². The summed E-state index contributed by atoms with van der Waals surface area (Å²) in [6, 6.07) is 11.8. The number of aromatic nitrogens is 1. The minimum absolute atomic E-state index is 0.166. The number of hydrogen-bond donors (Lipinski definition) is 1. The first-order chi connectivity index (χ1) is 14.8. The molecule has 0 aliphatic rings. The third-order valence-corrected chi connectivity index (χ3v) is 7.24. The van der Waals surface area contributed by atoms with E-state index < -0.39 is 10.0 Å². The Morgan fingerprint density at radius 1 is 1.03 bits per heavy atom. The highest BCUT2D eigenvalue weighted by Gasteiger charge is 2.23. The largest absolute Gasteiger partial charge is 0.298 e. The zero-order valence-electron chi connectivity index (χ0n) is 17.3. The van der Waals surface area contributed by atoms with Gasteiger partial charge in [-0.05, 0) is 61.4 Å². The fourth-order valence-electron chi connectivity index (χ4n) is 3.03. The highest BCUT2D eigenvalue weighted by molar-refractivity contribution is 7.89. The Labute approximate surface area is 185 Å². The van der Waals surface area contributed by atoms with Crippen LogP contribution in [0, 0.1) is 5.82 Å². The lowest BCUT2D eigenvalue weighted by Gasteiger charge is -2.21. The number of thiazole rings is 1. The second-order valence-electron chi connectivity index (χ2n) is 6.93. The standard InChI is InChI=1S/C22H24FN3O3S2/c1-3-13-26(14-4-2)31(28,29)19-11-7-17(8-12-19)21(27)25-22-24-20(15-30-22)16-5-9-18(23)10-6-16/h5-12,15H,3-4,13-14H2,1-2H3,(H,24,25,27). The number of carbonyl (C=O) groups excluding carboxylic acids is 1. The van der Waals surface area contributed by atoms with Crippen LogP contribution in [0.3, 0.4) is 0 Å². The Balaban J connectivity index is 1.71. The monoisotopic (exact) mass is 461 g/mol. The van der Waals surface area contributed by atoms with Gasteiger partial charge in [0, 0.05) is 29.6 Å². The van der Waals surface area contributed by atoms with E-state index in [1.165, 1.54) is 52.0 Å². The normalized spacial score (nSPS) is 11.6. The molecule has 0 fully saturated rings. The summed E-state index contributed by atoms with van der Waals surface area (Å²) in [6.07, 6.45) is 1.46. The van der Waals surface area contributed by atoms with Crippen LogP contribution in [0.2, 0.25) is 0 Å². The fraction of sp³-hybridized carbons (Fsp3) is 0.273. The van der Waals surface area contributed by atoms with E-state index in [2.05, 4.69) is 10.3 Å². The minimum Gasteiger partial charge on any atom is -0.298 e. The first kappa shape index (κ1) is 23.1. The molecule has 0 aliphatic carbocycles. The predicted octanol–water partition coefficient (Wildman–Crippen LogP) is 5.01. The Hall–Kier alpha value is -2.62. The number of sulfonamides is 1. The summed E-state index contributed by atoms with van der Waals surface area (Å²) < 4.78 is 40.2. The number of halogens is 1. The van der Waals surface area contributed by atoms with Gasteiger partial charge in [-0.25, -0.2) is 17.8 Å². The average molecular weight is 462 g/mol. The quantitative estimate of drug-likeness (QED) is 0.486. The van der Waals surface area contributed by atoms with Gasteiger partial charge in [-0.15, -0.1) is 11.3 Å². The molecule has 0 atom stereocenters. The maximum Gasteiger partial charge on any atom is 0.257 e. The third kappa shape index (κ3) is 5.55. The Morgan fingerprint density at radius 3 is 2.23 bits per heavy atom. The molecule has 0 radical (unpaired) electrons. The highest BCUT2D eigenvalue weighted by Crippen LogP contribution is 2.25. The molecular formula is C22H24FN3O3S2.